The third kappa shape index (κ3) is 6.29. The number of non-ortho nitro benzene ring substituents is 1. The average molecular weight is 409 g/mol. The summed E-state index contributed by atoms with van der Waals surface area (Å²) in [6.07, 6.45) is 8.63. The second-order valence-electron chi connectivity index (χ2n) is 6.80. The molecule has 0 bridgehead atoms. The van der Waals surface area contributed by atoms with Crippen molar-refractivity contribution in [3.05, 3.63) is 69.3 Å². The van der Waals surface area contributed by atoms with Crippen molar-refractivity contribution in [3.63, 3.8) is 0 Å². The van der Waals surface area contributed by atoms with Gasteiger partial charge >= 0.3 is 0 Å². The maximum atomic E-state index is 11.0. The Morgan fingerprint density at radius 1 is 1.14 bits per heavy atom. The Labute approximate surface area is 174 Å². The normalized spacial score (nSPS) is 12.1. The molecule has 1 aromatic heterocycles. The van der Waals surface area contributed by atoms with E-state index in [0.29, 0.717) is 5.69 Å². The van der Waals surface area contributed by atoms with E-state index in [1.807, 2.05) is 24.3 Å². The molecule has 0 aliphatic heterocycles. The minimum atomic E-state index is -0.426. The van der Waals surface area contributed by atoms with Crippen LogP contribution in [0.4, 0.5) is 11.4 Å². The lowest BCUT2D eigenvalue weighted by Gasteiger charge is -2.01. The molecule has 3 rings (SSSR count). The quantitative estimate of drug-likeness (QED) is 0.149. The van der Waals surface area contributed by atoms with E-state index in [1.54, 1.807) is 23.5 Å². The highest BCUT2D eigenvalue weighted by molar-refractivity contribution is 7.19. The van der Waals surface area contributed by atoms with Crippen molar-refractivity contribution in [1.29, 1.82) is 0 Å². The van der Waals surface area contributed by atoms with Gasteiger partial charge in [0, 0.05) is 12.1 Å². The molecule has 6 nitrogen and oxygen atoms in total. The van der Waals surface area contributed by atoms with Gasteiger partial charge in [-0.1, -0.05) is 50.8 Å². The highest BCUT2D eigenvalue weighted by Crippen LogP contribution is 2.26. The maximum absolute atomic E-state index is 11.0. The van der Waals surface area contributed by atoms with Gasteiger partial charge in [0.25, 0.3) is 5.69 Å². The Kier molecular flexibility index (Phi) is 7.58. The first kappa shape index (κ1) is 20.8. The molecule has 0 unspecified atom stereocenters. The molecule has 7 heteroatoms. The number of hydrogen-bond donors (Lipinski definition) is 0. The monoisotopic (exact) mass is 408 g/mol. The Morgan fingerprint density at radius 3 is 2.76 bits per heavy atom. The number of benzene rings is 2. The average Bonchev–Trinajstić information content (AvgIpc) is 3.14. The van der Waals surface area contributed by atoms with Gasteiger partial charge in [-0.15, -0.1) is 11.3 Å². The lowest BCUT2D eigenvalue weighted by atomic mass is 10.1. The topological polar surface area (TPSA) is 80.8 Å². The van der Waals surface area contributed by atoms with Crippen LogP contribution in [0.25, 0.3) is 16.3 Å². The molecular formula is C22H24N4O2S. The van der Waals surface area contributed by atoms with E-state index < -0.39 is 4.92 Å². The van der Waals surface area contributed by atoms with Crippen molar-refractivity contribution in [3.8, 4) is 0 Å². The zero-order chi connectivity index (χ0) is 20.5. The molecular weight excluding hydrogens is 384 g/mol. The standard InChI is InChI=1S/C22H24N4O2S/c1-2-3-4-5-6-10-18(16-22-23-20-13-7-8-14-21(20)29-22)25-24-17-11-9-12-19(15-17)26(27)28/h7-9,11-16H,2-6,10H2,1H3/b18-16-,25-24?. The predicted octanol–water partition coefficient (Wildman–Crippen LogP) is 7.69. The smallest absolute Gasteiger partial charge is 0.258 e. The third-order valence-corrected chi connectivity index (χ3v) is 5.45. The number of thiazole rings is 1. The van der Waals surface area contributed by atoms with E-state index in [0.717, 1.165) is 40.2 Å². The van der Waals surface area contributed by atoms with Gasteiger partial charge < -0.3 is 0 Å². The number of fused-ring (bicyclic) bond motifs is 1. The van der Waals surface area contributed by atoms with E-state index in [-0.39, 0.29) is 5.69 Å². The number of unbranched alkanes of at least 4 members (excludes halogenated alkanes) is 4. The van der Waals surface area contributed by atoms with Crippen LogP contribution in [-0.2, 0) is 0 Å². The van der Waals surface area contributed by atoms with Gasteiger partial charge in [0.2, 0.25) is 0 Å². The molecule has 0 fully saturated rings. The van der Waals surface area contributed by atoms with Gasteiger partial charge in [-0.2, -0.15) is 10.2 Å². The molecule has 3 aromatic rings. The number of azo groups is 1. The molecule has 0 aliphatic rings. The number of nitro groups is 1. The van der Waals surface area contributed by atoms with Crippen LogP contribution in [0.1, 0.15) is 50.5 Å². The molecule has 0 N–H and O–H groups in total. The van der Waals surface area contributed by atoms with Crippen LogP contribution in [-0.4, -0.2) is 9.91 Å². The molecule has 0 saturated heterocycles. The van der Waals surface area contributed by atoms with Crippen molar-refractivity contribution < 1.29 is 4.92 Å². The lowest BCUT2D eigenvalue weighted by molar-refractivity contribution is -0.384. The summed E-state index contributed by atoms with van der Waals surface area (Å²) in [4.78, 5) is 15.2. The molecule has 0 aliphatic carbocycles. The first-order chi connectivity index (χ1) is 14.2. The van der Waals surface area contributed by atoms with Crippen molar-refractivity contribution in [2.24, 2.45) is 10.2 Å². The maximum Gasteiger partial charge on any atom is 0.271 e. The summed E-state index contributed by atoms with van der Waals surface area (Å²) in [6.45, 7) is 2.20. The number of nitrogens with zero attached hydrogens (tertiary/aromatic N) is 4. The molecule has 0 amide bonds. The highest BCUT2D eigenvalue weighted by Gasteiger charge is 2.06. The van der Waals surface area contributed by atoms with Gasteiger partial charge in [-0.3, -0.25) is 10.1 Å². The van der Waals surface area contributed by atoms with E-state index in [1.165, 1.54) is 31.4 Å². The van der Waals surface area contributed by atoms with Crippen molar-refractivity contribution in [2.45, 2.75) is 45.4 Å². The first-order valence-corrected chi connectivity index (χ1v) is 10.7. The van der Waals surface area contributed by atoms with Crippen LogP contribution in [0.15, 0.2) is 64.5 Å². The second kappa shape index (κ2) is 10.6. The van der Waals surface area contributed by atoms with Gasteiger partial charge in [-0.25, -0.2) is 4.98 Å². The van der Waals surface area contributed by atoms with Crippen molar-refractivity contribution in [1.82, 2.24) is 4.98 Å². The number of rotatable bonds is 10. The van der Waals surface area contributed by atoms with Crippen LogP contribution >= 0.6 is 11.3 Å². The Bertz CT molecular complexity index is 993. The molecule has 0 radical (unpaired) electrons. The molecule has 0 saturated carbocycles. The minimum absolute atomic E-state index is 0.0118. The molecule has 1 heterocycles. The number of hydrogen-bond acceptors (Lipinski definition) is 6. The molecule has 150 valence electrons. The zero-order valence-electron chi connectivity index (χ0n) is 16.5. The van der Waals surface area contributed by atoms with Gasteiger partial charge in [0.1, 0.15) is 5.01 Å². The fraction of sp³-hybridized carbons (Fsp3) is 0.318. The Morgan fingerprint density at radius 2 is 1.97 bits per heavy atom. The van der Waals surface area contributed by atoms with E-state index in [9.17, 15) is 10.1 Å². The fourth-order valence-electron chi connectivity index (χ4n) is 2.95. The summed E-state index contributed by atoms with van der Waals surface area (Å²) < 4.78 is 1.14. The Balaban J connectivity index is 1.80. The number of para-hydroxylation sites is 1. The summed E-state index contributed by atoms with van der Waals surface area (Å²) in [7, 11) is 0. The fourth-order valence-corrected chi connectivity index (χ4v) is 3.87. The Hall–Kier alpha value is -2.93. The van der Waals surface area contributed by atoms with Crippen LogP contribution < -0.4 is 0 Å². The number of nitro benzene ring substituents is 1. The summed E-state index contributed by atoms with van der Waals surface area (Å²) in [5, 5.41) is 20.5. The minimum Gasteiger partial charge on any atom is -0.258 e. The van der Waals surface area contributed by atoms with Gasteiger partial charge in [-0.05, 0) is 37.1 Å². The third-order valence-electron chi connectivity index (χ3n) is 4.47. The summed E-state index contributed by atoms with van der Waals surface area (Å²) in [6, 6.07) is 14.3. The summed E-state index contributed by atoms with van der Waals surface area (Å²) in [5.74, 6) is 0. The zero-order valence-corrected chi connectivity index (χ0v) is 17.3. The van der Waals surface area contributed by atoms with Crippen LogP contribution in [0.3, 0.4) is 0 Å². The second-order valence-corrected chi connectivity index (χ2v) is 7.86. The SMILES string of the molecule is CCCCCCC/C(=C/c1nc2ccccc2s1)N=Nc1cccc([N+](=O)[O-])c1. The summed E-state index contributed by atoms with van der Waals surface area (Å²) >= 11 is 1.62. The summed E-state index contributed by atoms with van der Waals surface area (Å²) in [5.41, 5.74) is 2.30. The lowest BCUT2D eigenvalue weighted by Crippen LogP contribution is -1.86. The van der Waals surface area contributed by atoms with Gasteiger partial charge in [0.15, 0.2) is 0 Å². The van der Waals surface area contributed by atoms with Crippen molar-refractivity contribution in [2.75, 3.05) is 0 Å². The predicted molar refractivity (Wildman–Crippen MR) is 119 cm³/mol. The number of allylic oxidation sites excluding steroid dienone is 1. The molecule has 2 aromatic carbocycles. The van der Waals surface area contributed by atoms with E-state index in [4.69, 9.17) is 0 Å². The van der Waals surface area contributed by atoms with Crippen LogP contribution in [0.2, 0.25) is 0 Å². The molecule has 29 heavy (non-hydrogen) atoms. The van der Waals surface area contributed by atoms with E-state index >= 15 is 0 Å². The molecule has 0 spiro atoms. The van der Waals surface area contributed by atoms with Gasteiger partial charge in [0.05, 0.1) is 26.5 Å². The molecule has 0 atom stereocenters. The van der Waals surface area contributed by atoms with Crippen LogP contribution in [0.5, 0.6) is 0 Å². The van der Waals surface area contributed by atoms with Crippen LogP contribution in [0, 0.1) is 10.1 Å². The first-order valence-electron chi connectivity index (χ1n) is 9.88. The number of aromatic nitrogens is 1. The largest absolute Gasteiger partial charge is 0.271 e. The van der Waals surface area contributed by atoms with E-state index in [2.05, 4.69) is 28.2 Å². The van der Waals surface area contributed by atoms with Crippen molar-refractivity contribution >= 4 is 39.0 Å². The highest BCUT2D eigenvalue weighted by atomic mass is 32.1.